The lowest BCUT2D eigenvalue weighted by Crippen LogP contribution is -2.36. The van der Waals surface area contributed by atoms with Crippen molar-refractivity contribution >= 4 is 23.3 Å². The minimum absolute atomic E-state index is 0.0606. The van der Waals surface area contributed by atoms with Gasteiger partial charge in [0.05, 0.1) is 31.4 Å². The molecule has 1 amide bonds. The second kappa shape index (κ2) is 12.2. The molecule has 7 heteroatoms. The molecule has 5 rings (SSSR count). The quantitative estimate of drug-likeness (QED) is 0.308. The van der Waals surface area contributed by atoms with Gasteiger partial charge in [-0.3, -0.25) is 9.59 Å². The van der Waals surface area contributed by atoms with E-state index in [9.17, 15) is 14.7 Å². The van der Waals surface area contributed by atoms with E-state index in [1.807, 2.05) is 72.8 Å². The Kier molecular flexibility index (Phi) is 8.35. The van der Waals surface area contributed by atoms with Gasteiger partial charge in [-0.2, -0.15) is 0 Å². The van der Waals surface area contributed by atoms with Crippen LogP contribution in [-0.2, 0) is 4.79 Å². The first-order valence-electron chi connectivity index (χ1n) is 13.7. The van der Waals surface area contributed by atoms with E-state index in [1.165, 1.54) is 0 Å². The summed E-state index contributed by atoms with van der Waals surface area (Å²) in [5.74, 6) is 1.56. The fourth-order valence-corrected chi connectivity index (χ4v) is 5.44. The maximum Gasteiger partial charge on any atom is 0.303 e. The van der Waals surface area contributed by atoms with Crippen molar-refractivity contribution in [2.45, 2.75) is 38.0 Å². The molecule has 1 aliphatic heterocycles. The van der Waals surface area contributed by atoms with Crippen LogP contribution < -0.4 is 19.7 Å². The van der Waals surface area contributed by atoms with Crippen LogP contribution in [0.5, 0.6) is 11.5 Å². The molecule has 2 N–H and O–H groups in total. The number of amides is 1. The minimum atomic E-state index is -0.748. The van der Waals surface area contributed by atoms with Crippen molar-refractivity contribution in [3.63, 3.8) is 0 Å². The number of hydrogen-bond donors (Lipinski definition) is 2. The molecule has 3 aromatic carbocycles. The van der Waals surface area contributed by atoms with Gasteiger partial charge in [-0.1, -0.05) is 30.3 Å². The van der Waals surface area contributed by atoms with Crippen molar-refractivity contribution in [3.8, 4) is 11.5 Å². The van der Waals surface area contributed by atoms with Crippen LogP contribution in [0.25, 0.3) is 0 Å². The second-order valence-electron chi connectivity index (χ2n) is 10.6. The molecule has 0 bridgehead atoms. The predicted octanol–water partition coefficient (Wildman–Crippen LogP) is 6.21. The van der Waals surface area contributed by atoms with Crippen LogP contribution in [-0.4, -0.2) is 43.8 Å². The number of ether oxygens (including phenoxy) is 2. The SMILES string of the molecule is COc1ccc(C(=O)Nc2ccccc2)c(N2CCC(COc3cccc(C(CC(=O)O)C4CC4)c3)CC2)c1. The number of carboxylic acid groups (broad SMARTS) is 1. The summed E-state index contributed by atoms with van der Waals surface area (Å²) < 4.78 is 11.7. The number of para-hydroxylation sites is 1. The summed E-state index contributed by atoms with van der Waals surface area (Å²) in [4.78, 5) is 26.8. The van der Waals surface area contributed by atoms with Gasteiger partial charge in [0.15, 0.2) is 0 Å². The Hall–Kier alpha value is -4.00. The lowest BCUT2D eigenvalue weighted by Gasteiger charge is -2.34. The first-order valence-corrected chi connectivity index (χ1v) is 13.7. The van der Waals surface area contributed by atoms with Crippen LogP contribution in [0.1, 0.15) is 53.9 Å². The van der Waals surface area contributed by atoms with Gasteiger partial charge in [0, 0.05) is 24.8 Å². The van der Waals surface area contributed by atoms with Gasteiger partial charge in [-0.05, 0) is 85.4 Å². The topological polar surface area (TPSA) is 88.1 Å². The Bertz CT molecular complexity index is 1280. The van der Waals surface area contributed by atoms with Crippen LogP contribution >= 0.6 is 0 Å². The van der Waals surface area contributed by atoms with Crippen molar-refractivity contribution in [2.75, 3.05) is 37.0 Å². The average Bonchev–Trinajstić information content (AvgIpc) is 3.81. The maximum atomic E-state index is 13.2. The van der Waals surface area contributed by atoms with Crippen molar-refractivity contribution in [1.82, 2.24) is 0 Å². The largest absolute Gasteiger partial charge is 0.497 e. The monoisotopic (exact) mass is 528 g/mol. The first-order chi connectivity index (χ1) is 19.0. The lowest BCUT2D eigenvalue weighted by molar-refractivity contribution is -0.137. The van der Waals surface area contributed by atoms with E-state index in [2.05, 4.69) is 10.2 Å². The van der Waals surface area contributed by atoms with Crippen molar-refractivity contribution < 1.29 is 24.2 Å². The third kappa shape index (κ3) is 6.91. The zero-order valence-corrected chi connectivity index (χ0v) is 22.3. The highest BCUT2D eigenvalue weighted by Crippen LogP contribution is 2.45. The Morgan fingerprint density at radius 1 is 0.949 bits per heavy atom. The van der Waals surface area contributed by atoms with E-state index in [1.54, 1.807) is 7.11 Å². The maximum absolute atomic E-state index is 13.2. The van der Waals surface area contributed by atoms with Gasteiger partial charge < -0.3 is 24.8 Å². The van der Waals surface area contributed by atoms with E-state index in [0.717, 1.165) is 67.2 Å². The van der Waals surface area contributed by atoms with Gasteiger partial charge in [-0.15, -0.1) is 0 Å². The summed E-state index contributed by atoms with van der Waals surface area (Å²) in [6, 6.07) is 23.0. The zero-order chi connectivity index (χ0) is 27.2. The number of methoxy groups -OCH3 is 1. The van der Waals surface area contributed by atoms with Gasteiger partial charge in [-0.25, -0.2) is 0 Å². The average molecular weight is 529 g/mol. The molecule has 1 unspecified atom stereocenters. The fraction of sp³-hybridized carbons (Fsp3) is 0.375. The van der Waals surface area contributed by atoms with Crippen LogP contribution in [0, 0.1) is 11.8 Å². The van der Waals surface area contributed by atoms with Crippen LogP contribution in [0.4, 0.5) is 11.4 Å². The number of benzene rings is 3. The van der Waals surface area contributed by atoms with Gasteiger partial charge in [0.2, 0.25) is 0 Å². The van der Waals surface area contributed by atoms with Crippen molar-refractivity contribution in [1.29, 1.82) is 0 Å². The Morgan fingerprint density at radius 3 is 2.41 bits per heavy atom. The molecule has 2 aliphatic rings. The summed E-state index contributed by atoms with van der Waals surface area (Å²) >= 11 is 0. The lowest BCUT2D eigenvalue weighted by atomic mass is 9.91. The molecule has 1 heterocycles. The minimum Gasteiger partial charge on any atom is -0.497 e. The van der Waals surface area contributed by atoms with Gasteiger partial charge in [0.25, 0.3) is 5.91 Å². The van der Waals surface area contributed by atoms with Crippen molar-refractivity contribution in [2.24, 2.45) is 11.8 Å². The molecule has 1 aliphatic carbocycles. The van der Waals surface area contributed by atoms with Gasteiger partial charge in [0.1, 0.15) is 11.5 Å². The smallest absolute Gasteiger partial charge is 0.303 e. The molecule has 1 atom stereocenters. The third-order valence-corrected chi connectivity index (χ3v) is 7.79. The Balaban J connectivity index is 1.20. The number of carbonyl (C=O) groups excluding carboxylic acids is 1. The number of piperidine rings is 1. The summed E-state index contributed by atoms with van der Waals surface area (Å²) in [5, 5.41) is 12.3. The number of hydrogen-bond acceptors (Lipinski definition) is 5. The predicted molar refractivity (Wildman–Crippen MR) is 152 cm³/mol. The number of rotatable bonds is 11. The number of aliphatic carboxylic acids is 1. The van der Waals surface area contributed by atoms with Crippen LogP contribution in [0.3, 0.4) is 0 Å². The zero-order valence-electron chi connectivity index (χ0n) is 22.3. The standard InChI is InChI=1S/C32H36N2O5/c1-38-26-12-13-28(32(37)33-25-7-3-2-4-8-25)30(19-26)34-16-14-22(15-17-34)21-39-27-9-5-6-24(18-27)29(20-31(35)36)23-10-11-23/h2-9,12-13,18-19,22-23,29H,10-11,14-17,20-21H2,1H3,(H,33,37)(H,35,36). The summed E-state index contributed by atoms with van der Waals surface area (Å²) in [7, 11) is 1.63. The summed E-state index contributed by atoms with van der Waals surface area (Å²) in [5.41, 5.74) is 3.32. The van der Waals surface area contributed by atoms with E-state index in [4.69, 9.17) is 9.47 Å². The number of nitrogens with zero attached hydrogens (tertiary/aromatic N) is 1. The molecule has 0 radical (unpaired) electrons. The molecular formula is C32H36N2O5. The van der Waals surface area contributed by atoms with E-state index in [-0.39, 0.29) is 18.2 Å². The molecule has 7 nitrogen and oxygen atoms in total. The van der Waals surface area contributed by atoms with E-state index < -0.39 is 5.97 Å². The highest BCUT2D eigenvalue weighted by Gasteiger charge is 2.34. The van der Waals surface area contributed by atoms with Crippen LogP contribution in [0.2, 0.25) is 0 Å². The molecule has 204 valence electrons. The molecule has 2 fully saturated rings. The Morgan fingerprint density at radius 2 is 1.72 bits per heavy atom. The van der Waals surface area contributed by atoms with E-state index >= 15 is 0 Å². The van der Waals surface area contributed by atoms with Crippen molar-refractivity contribution in [3.05, 3.63) is 83.9 Å². The number of carboxylic acids is 1. The van der Waals surface area contributed by atoms with E-state index in [0.29, 0.717) is 24.0 Å². The highest BCUT2D eigenvalue weighted by molar-refractivity contribution is 6.08. The highest BCUT2D eigenvalue weighted by atomic mass is 16.5. The number of anilines is 2. The molecule has 0 aromatic heterocycles. The molecule has 0 spiro atoms. The number of nitrogens with one attached hydrogen (secondary N) is 1. The fourth-order valence-electron chi connectivity index (χ4n) is 5.44. The molecule has 39 heavy (non-hydrogen) atoms. The first kappa shape index (κ1) is 26.6. The normalized spacial score (nSPS) is 16.4. The summed E-state index contributed by atoms with van der Waals surface area (Å²) in [6.07, 6.45) is 4.26. The third-order valence-electron chi connectivity index (χ3n) is 7.79. The molecule has 1 saturated heterocycles. The van der Waals surface area contributed by atoms with Gasteiger partial charge >= 0.3 is 5.97 Å². The van der Waals surface area contributed by atoms with Crippen LogP contribution in [0.15, 0.2) is 72.8 Å². The Labute approximate surface area is 229 Å². The molecular weight excluding hydrogens is 492 g/mol. The summed E-state index contributed by atoms with van der Waals surface area (Å²) in [6.45, 7) is 2.24. The number of carbonyl (C=O) groups is 2. The molecule has 3 aromatic rings. The molecule has 1 saturated carbocycles. The second-order valence-corrected chi connectivity index (χ2v) is 10.6.